The Morgan fingerprint density at radius 3 is 2.70 bits per heavy atom. The first kappa shape index (κ1) is 13.1. The number of carbonyl (C=O) groups excluding carboxylic acids is 1. The number of fused-ring (bicyclic) bond motifs is 1. The second-order valence-corrected chi connectivity index (χ2v) is 5.65. The number of furan rings is 1. The van der Waals surface area contributed by atoms with Crippen LogP contribution in [0.1, 0.15) is 21.7 Å². The molecule has 3 rings (SSSR count). The van der Waals surface area contributed by atoms with E-state index in [-0.39, 0.29) is 5.78 Å². The van der Waals surface area contributed by atoms with Crippen LogP contribution in [0.25, 0.3) is 11.0 Å². The predicted octanol–water partition coefficient (Wildman–Crippen LogP) is 4.93. The highest BCUT2D eigenvalue weighted by molar-refractivity contribution is 9.10. The summed E-state index contributed by atoms with van der Waals surface area (Å²) < 4.78 is 6.54. The van der Waals surface area contributed by atoms with Crippen molar-refractivity contribution in [2.45, 2.75) is 13.3 Å². The van der Waals surface area contributed by atoms with E-state index in [1.807, 2.05) is 49.4 Å². The molecule has 1 heterocycles. The predicted molar refractivity (Wildman–Crippen MR) is 83.1 cm³/mol. The molecule has 100 valence electrons. The Hall–Kier alpha value is -1.87. The Morgan fingerprint density at radius 1 is 1.15 bits per heavy atom. The molecule has 3 heteroatoms. The van der Waals surface area contributed by atoms with Crippen LogP contribution in [0.4, 0.5) is 0 Å². The van der Waals surface area contributed by atoms with Crippen molar-refractivity contribution < 1.29 is 9.21 Å². The SMILES string of the molecule is Cc1ccccc1CC(=O)c1cc2cccc(Br)c2o1. The Morgan fingerprint density at radius 2 is 1.95 bits per heavy atom. The Kier molecular flexibility index (Phi) is 3.45. The number of ketones is 1. The van der Waals surface area contributed by atoms with Crippen LogP contribution in [-0.4, -0.2) is 5.78 Å². The van der Waals surface area contributed by atoms with Crippen molar-refractivity contribution in [2.24, 2.45) is 0 Å². The van der Waals surface area contributed by atoms with Gasteiger partial charge in [0.1, 0.15) is 5.58 Å². The van der Waals surface area contributed by atoms with Crippen LogP contribution in [0, 0.1) is 6.92 Å². The molecule has 0 atom stereocenters. The van der Waals surface area contributed by atoms with E-state index in [0.717, 1.165) is 26.6 Å². The fourth-order valence-electron chi connectivity index (χ4n) is 2.23. The fraction of sp³-hybridized carbons (Fsp3) is 0.118. The number of aryl methyl sites for hydroxylation is 1. The first-order chi connectivity index (χ1) is 9.65. The molecule has 3 aromatic rings. The van der Waals surface area contributed by atoms with Crippen LogP contribution in [-0.2, 0) is 6.42 Å². The maximum atomic E-state index is 12.3. The van der Waals surface area contributed by atoms with Gasteiger partial charge in [-0.3, -0.25) is 4.79 Å². The summed E-state index contributed by atoms with van der Waals surface area (Å²) in [5.74, 6) is 0.414. The zero-order valence-corrected chi connectivity index (χ0v) is 12.6. The highest BCUT2D eigenvalue weighted by Gasteiger charge is 2.14. The Balaban J connectivity index is 1.93. The summed E-state index contributed by atoms with van der Waals surface area (Å²) >= 11 is 3.43. The molecule has 0 N–H and O–H groups in total. The second-order valence-electron chi connectivity index (χ2n) is 4.80. The van der Waals surface area contributed by atoms with Crippen molar-refractivity contribution in [2.75, 3.05) is 0 Å². The van der Waals surface area contributed by atoms with Gasteiger partial charge in [-0.05, 0) is 46.1 Å². The second kappa shape index (κ2) is 5.25. The topological polar surface area (TPSA) is 30.2 Å². The van der Waals surface area contributed by atoms with E-state index in [1.165, 1.54) is 0 Å². The van der Waals surface area contributed by atoms with Gasteiger partial charge in [0.2, 0.25) is 5.78 Å². The molecular formula is C17H13BrO2. The summed E-state index contributed by atoms with van der Waals surface area (Å²) in [6.07, 6.45) is 0.365. The number of hydrogen-bond acceptors (Lipinski definition) is 2. The maximum Gasteiger partial charge on any atom is 0.202 e. The average Bonchev–Trinajstić information content (AvgIpc) is 2.87. The van der Waals surface area contributed by atoms with Gasteiger partial charge < -0.3 is 4.42 Å². The van der Waals surface area contributed by atoms with Crippen LogP contribution >= 0.6 is 15.9 Å². The molecular weight excluding hydrogens is 316 g/mol. The maximum absolute atomic E-state index is 12.3. The van der Waals surface area contributed by atoms with E-state index < -0.39 is 0 Å². The number of benzene rings is 2. The number of Topliss-reactive ketones (excluding diaryl/α,β-unsaturated/α-hetero) is 1. The van der Waals surface area contributed by atoms with E-state index in [2.05, 4.69) is 15.9 Å². The van der Waals surface area contributed by atoms with Crippen molar-refractivity contribution in [3.05, 3.63) is 69.9 Å². The number of rotatable bonds is 3. The van der Waals surface area contributed by atoms with Crippen molar-refractivity contribution in [1.82, 2.24) is 0 Å². The first-order valence-electron chi connectivity index (χ1n) is 6.41. The molecule has 0 saturated heterocycles. The molecule has 0 aliphatic rings. The summed E-state index contributed by atoms with van der Waals surface area (Å²) in [4.78, 5) is 12.3. The van der Waals surface area contributed by atoms with E-state index in [9.17, 15) is 4.79 Å². The van der Waals surface area contributed by atoms with Gasteiger partial charge in [-0.1, -0.05) is 36.4 Å². The van der Waals surface area contributed by atoms with Gasteiger partial charge in [0.15, 0.2) is 5.76 Å². The number of hydrogen-bond donors (Lipinski definition) is 0. The van der Waals surface area contributed by atoms with Gasteiger partial charge in [-0.15, -0.1) is 0 Å². The molecule has 0 aliphatic heterocycles. The number of carbonyl (C=O) groups is 1. The van der Waals surface area contributed by atoms with Crippen LogP contribution in [0.3, 0.4) is 0 Å². The van der Waals surface area contributed by atoms with Crippen molar-refractivity contribution in [3.8, 4) is 0 Å². The van der Waals surface area contributed by atoms with Gasteiger partial charge in [-0.2, -0.15) is 0 Å². The van der Waals surface area contributed by atoms with Crippen molar-refractivity contribution in [1.29, 1.82) is 0 Å². The lowest BCUT2D eigenvalue weighted by molar-refractivity contribution is 0.0968. The summed E-state index contributed by atoms with van der Waals surface area (Å²) in [5, 5.41) is 0.938. The normalized spacial score (nSPS) is 10.9. The molecule has 20 heavy (non-hydrogen) atoms. The minimum atomic E-state index is 0.00222. The summed E-state index contributed by atoms with van der Waals surface area (Å²) in [7, 11) is 0. The molecule has 2 nitrogen and oxygen atoms in total. The lowest BCUT2D eigenvalue weighted by atomic mass is 10.0. The third-order valence-electron chi connectivity index (χ3n) is 3.38. The molecule has 0 aliphatic carbocycles. The van der Waals surface area contributed by atoms with Gasteiger partial charge in [0.05, 0.1) is 4.47 Å². The molecule has 2 aromatic carbocycles. The van der Waals surface area contributed by atoms with E-state index in [4.69, 9.17) is 4.42 Å². The molecule has 0 spiro atoms. The molecule has 1 aromatic heterocycles. The van der Waals surface area contributed by atoms with E-state index in [1.54, 1.807) is 6.07 Å². The van der Waals surface area contributed by atoms with Crippen molar-refractivity contribution >= 4 is 32.7 Å². The molecule has 0 bridgehead atoms. The standard InChI is InChI=1S/C17H13BrO2/c1-11-5-2-3-6-12(11)9-15(19)16-10-13-7-4-8-14(18)17(13)20-16/h2-8,10H,9H2,1H3. The number of halogens is 1. The van der Waals surface area contributed by atoms with Crippen LogP contribution in [0.15, 0.2) is 57.4 Å². The third-order valence-corrected chi connectivity index (χ3v) is 4.01. The number of para-hydroxylation sites is 1. The van der Waals surface area contributed by atoms with Gasteiger partial charge in [-0.25, -0.2) is 0 Å². The first-order valence-corrected chi connectivity index (χ1v) is 7.20. The van der Waals surface area contributed by atoms with Crippen LogP contribution in [0.2, 0.25) is 0 Å². The smallest absolute Gasteiger partial charge is 0.202 e. The van der Waals surface area contributed by atoms with Gasteiger partial charge in [0, 0.05) is 11.8 Å². The minimum absolute atomic E-state index is 0.00222. The highest BCUT2D eigenvalue weighted by atomic mass is 79.9. The average molecular weight is 329 g/mol. The molecule has 0 unspecified atom stereocenters. The van der Waals surface area contributed by atoms with Gasteiger partial charge >= 0.3 is 0 Å². The van der Waals surface area contributed by atoms with Crippen LogP contribution < -0.4 is 0 Å². The monoisotopic (exact) mass is 328 g/mol. The van der Waals surface area contributed by atoms with Crippen molar-refractivity contribution in [3.63, 3.8) is 0 Å². The lowest BCUT2D eigenvalue weighted by Gasteiger charge is -2.02. The lowest BCUT2D eigenvalue weighted by Crippen LogP contribution is -2.03. The van der Waals surface area contributed by atoms with Crippen LogP contribution in [0.5, 0.6) is 0 Å². The Labute approximate surface area is 125 Å². The molecule has 0 radical (unpaired) electrons. The summed E-state index contributed by atoms with van der Waals surface area (Å²) in [6.45, 7) is 2.01. The fourth-order valence-corrected chi connectivity index (χ4v) is 2.70. The Bertz CT molecular complexity index is 787. The largest absolute Gasteiger partial charge is 0.452 e. The van der Waals surface area contributed by atoms with Gasteiger partial charge in [0.25, 0.3) is 0 Å². The zero-order valence-electron chi connectivity index (χ0n) is 11.0. The summed E-state index contributed by atoms with van der Waals surface area (Å²) in [6, 6.07) is 15.5. The third kappa shape index (κ3) is 2.41. The summed E-state index contributed by atoms with van der Waals surface area (Å²) in [5.41, 5.74) is 2.88. The van der Waals surface area contributed by atoms with E-state index >= 15 is 0 Å². The molecule has 0 saturated carbocycles. The highest BCUT2D eigenvalue weighted by Crippen LogP contribution is 2.27. The minimum Gasteiger partial charge on any atom is -0.452 e. The van der Waals surface area contributed by atoms with E-state index in [0.29, 0.717) is 12.2 Å². The molecule has 0 amide bonds. The molecule has 0 fully saturated rings. The quantitative estimate of drug-likeness (QED) is 0.638. The zero-order chi connectivity index (χ0) is 14.1.